The number of aliphatic imine (C=N–C) groups is 1. The highest BCUT2D eigenvalue weighted by Crippen LogP contribution is 2.45. The number of carbonyl (C=O) groups is 3. The summed E-state index contributed by atoms with van der Waals surface area (Å²) in [6.07, 6.45) is 3.67. The Balaban J connectivity index is 1.02. The number of methoxy groups -OCH3 is 3. The van der Waals surface area contributed by atoms with Gasteiger partial charge in [-0.15, -0.1) is 0 Å². The highest BCUT2D eigenvalue weighted by atomic mass is 16.5. The maximum absolute atomic E-state index is 14.1. The van der Waals surface area contributed by atoms with Crippen molar-refractivity contribution in [3.05, 3.63) is 65.6 Å². The first-order valence-electron chi connectivity index (χ1n) is 20.9. The molecular formula is C46H56N6O7. The van der Waals surface area contributed by atoms with E-state index in [2.05, 4.69) is 66.6 Å². The van der Waals surface area contributed by atoms with E-state index in [1.165, 1.54) is 14.2 Å². The van der Waals surface area contributed by atoms with Gasteiger partial charge in [-0.25, -0.2) is 9.78 Å². The summed E-state index contributed by atoms with van der Waals surface area (Å²) in [7, 11) is 4.52. The van der Waals surface area contributed by atoms with E-state index in [1.54, 1.807) is 14.0 Å². The molecule has 0 bridgehead atoms. The van der Waals surface area contributed by atoms with Crippen molar-refractivity contribution in [1.82, 2.24) is 25.1 Å². The summed E-state index contributed by atoms with van der Waals surface area (Å²) >= 11 is 0. The number of likely N-dealkylation sites (tertiary alicyclic amines) is 2. The van der Waals surface area contributed by atoms with Crippen LogP contribution in [-0.4, -0.2) is 102 Å². The van der Waals surface area contributed by atoms with Gasteiger partial charge in [0.2, 0.25) is 11.8 Å². The first-order valence-corrected chi connectivity index (χ1v) is 20.9. The molecule has 13 heteroatoms. The quantitative estimate of drug-likeness (QED) is 0.160. The largest absolute Gasteiger partial charge is 0.488 e. The molecule has 2 saturated heterocycles. The molecule has 8 rings (SSSR count). The van der Waals surface area contributed by atoms with Crippen LogP contribution in [0.3, 0.4) is 0 Å². The number of rotatable bonds is 11. The minimum atomic E-state index is -0.895. The lowest BCUT2D eigenvalue weighted by molar-refractivity contribution is -0.138. The van der Waals surface area contributed by atoms with Crippen LogP contribution < -0.4 is 10.1 Å². The second kappa shape index (κ2) is 16.4. The van der Waals surface area contributed by atoms with Gasteiger partial charge in [0.25, 0.3) is 0 Å². The molecule has 4 aliphatic rings. The van der Waals surface area contributed by atoms with Crippen molar-refractivity contribution in [2.24, 2.45) is 22.7 Å². The van der Waals surface area contributed by atoms with E-state index >= 15 is 0 Å². The third kappa shape index (κ3) is 7.48. The number of nitrogens with zero attached hydrogens (tertiary/aromatic N) is 4. The number of alkyl carbamates (subject to hydrolysis) is 1. The number of ether oxygens (including phenoxy) is 4. The molecule has 7 atom stereocenters. The lowest BCUT2D eigenvalue weighted by Crippen LogP contribution is -2.57. The maximum atomic E-state index is 14.1. The number of hydrogen-bond donors (Lipinski definition) is 2. The van der Waals surface area contributed by atoms with E-state index in [0.717, 1.165) is 86.5 Å². The van der Waals surface area contributed by atoms with Crippen molar-refractivity contribution in [2.75, 3.05) is 34.5 Å². The van der Waals surface area contributed by atoms with E-state index in [9.17, 15) is 14.4 Å². The van der Waals surface area contributed by atoms with E-state index < -0.39 is 18.2 Å². The topological polar surface area (TPSA) is 148 Å². The van der Waals surface area contributed by atoms with Crippen molar-refractivity contribution >= 4 is 40.1 Å². The summed E-state index contributed by atoms with van der Waals surface area (Å²) < 4.78 is 22.3. The monoisotopic (exact) mass is 804 g/mol. The van der Waals surface area contributed by atoms with Gasteiger partial charge >= 0.3 is 6.09 Å². The van der Waals surface area contributed by atoms with Crippen molar-refractivity contribution in [1.29, 1.82) is 0 Å². The van der Waals surface area contributed by atoms with Crippen LogP contribution in [0.5, 0.6) is 5.75 Å². The predicted molar refractivity (Wildman–Crippen MR) is 226 cm³/mol. The summed E-state index contributed by atoms with van der Waals surface area (Å²) in [6, 6.07) is 13.7. The zero-order chi connectivity index (χ0) is 41.7. The molecule has 3 aromatic carbocycles. The number of carbonyl (C=O) groups excluding carboxylic acids is 3. The van der Waals surface area contributed by atoms with Crippen molar-refractivity contribution in [3.8, 4) is 28.1 Å². The molecule has 312 valence electrons. The third-order valence-electron chi connectivity index (χ3n) is 13.2. The molecule has 0 radical (unpaired) electrons. The fraction of sp³-hybridized carbons (Fsp3) is 0.500. The number of aromatic nitrogens is 2. The number of amides is 3. The number of hydrogen-bond acceptors (Lipinski definition) is 9. The number of benzene rings is 3. The maximum Gasteiger partial charge on any atom is 0.407 e. The predicted octanol–water partition coefficient (Wildman–Crippen LogP) is 7.39. The highest BCUT2D eigenvalue weighted by Gasteiger charge is 2.44. The van der Waals surface area contributed by atoms with Crippen LogP contribution in [-0.2, 0) is 36.8 Å². The molecule has 0 saturated carbocycles. The van der Waals surface area contributed by atoms with Crippen LogP contribution in [0.2, 0.25) is 0 Å². The van der Waals surface area contributed by atoms with Crippen LogP contribution in [0.15, 0.2) is 53.7 Å². The molecular weight excluding hydrogens is 749 g/mol. The molecule has 2 N–H and O–H groups in total. The molecule has 0 aliphatic carbocycles. The summed E-state index contributed by atoms with van der Waals surface area (Å²) in [6.45, 7) is 11.7. The van der Waals surface area contributed by atoms with Gasteiger partial charge in [0.05, 0.1) is 49.5 Å². The summed E-state index contributed by atoms with van der Waals surface area (Å²) in [5, 5.41) is 4.87. The lowest BCUT2D eigenvalue weighted by Gasteiger charge is -2.34. The van der Waals surface area contributed by atoms with Crippen molar-refractivity contribution in [2.45, 2.75) is 97.2 Å². The van der Waals surface area contributed by atoms with Crippen molar-refractivity contribution < 1.29 is 33.3 Å². The number of aromatic amines is 1. The second-order valence-electron chi connectivity index (χ2n) is 17.1. The van der Waals surface area contributed by atoms with Crippen LogP contribution >= 0.6 is 0 Å². The van der Waals surface area contributed by atoms with Crippen molar-refractivity contribution in [3.63, 3.8) is 0 Å². The molecule has 1 aromatic heterocycles. The molecule has 59 heavy (non-hydrogen) atoms. The standard InChI is InChI=1S/C46H56N6O7/c1-24(2)26(4)44(53)51-21-28(22-56-6)15-40(51)43-47-20-38(49-43)30-10-12-32-31(16-30)23-59-41-19-33-29(17-35(32)41)11-13-36-34(33)18-37(48-36)39-14-9-25(3)52(39)45(54)42(27(5)57-7)50-46(55)58-8/h10-13,16-17,19-20,24-28,39-40,42H,9,14-15,18,21-23H2,1-8H3,(H,47,49)(H,50,55)/t25-,26-,27+,28-,39-,40-,42-/m0/s1. The minimum Gasteiger partial charge on any atom is -0.488 e. The minimum absolute atomic E-state index is 0.0290. The fourth-order valence-electron chi connectivity index (χ4n) is 9.42. The Hall–Kier alpha value is -5.27. The summed E-state index contributed by atoms with van der Waals surface area (Å²) in [5.74, 6) is 2.01. The van der Waals surface area contributed by atoms with Gasteiger partial charge in [0.15, 0.2) is 0 Å². The molecule has 5 heterocycles. The normalized spacial score (nSPS) is 22.4. The van der Waals surface area contributed by atoms with Gasteiger partial charge in [-0.1, -0.05) is 39.0 Å². The average molecular weight is 805 g/mol. The smallest absolute Gasteiger partial charge is 0.407 e. The van der Waals surface area contributed by atoms with E-state index in [-0.39, 0.29) is 47.7 Å². The van der Waals surface area contributed by atoms with Gasteiger partial charge in [-0.2, -0.15) is 0 Å². The average Bonchev–Trinajstić information content (AvgIpc) is 4.06. The van der Waals surface area contributed by atoms with Gasteiger partial charge in [0, 0.05) is 56.3 Å². The molecule has 3 amide bonds. The van der Waals surface area contributed by atoms with Gasteiger partial charge in [-0.3, -0.25) is 14.6 Å². The Morgan fingerprint density at radius 2 is 1.80 bits per heavy atom. The number of H-pyrrole nitrogens is 1. The Morgan fingerprint density at radius 3 is 2.54 bits per heavy atom. The summed E-state index contributed by atoms with van der Waals surface area (Å²) in [4.78, 5) is 57.2. The van der Waals surface area contributed by atoms with Gasteiger partial charge in [0.1, 0.15) is 24.2 Å². The summed E-state index contributed by atoms with van der Waals surface area (Å²) in [5.41, 5.74) is 8.13. The molecule has 4 aromatic rings. The lowest BCUT2D eigenvalue weighted by atomic mass is 9.90. The van der Waals surface area contributed by atoms with Crippen LogP contribution in [0, 0.1) is 17.8 Å². The number of nitrogens with one attached hydrogen (secondary N) is 2. The molecule has 4 aliphatic heterocycles. The van der Waals surface area contributed by atoms with Gasteiger partial charge < -0.3 is 39.0 Å². The van der Waals surface area contributed by atoms with Crippen LogP contribution in [0.25, 0.3) is 33.2 Å². The van der Waals surface area contributed by atoms with Crippen LogP contribution in [0.1, 0.15) is 76.9 Å². The van der Waals surface area contributed by atoms with E-state index in [0.29, 0.717) is 26.2 Å². The first kappa shape index (κ1) is 40.5. The second-order valence-corrected chi connectivity index (χ2v) is 17.1. The van der Waals surface area contributed by atoms with Crippen LogP contribution in [0.4, 0.5) is 10.5 Å². The Kier molecular flexibility index (Phi) is 11.3. The Bertz CT molecular complexity index is 2300. The Labute approximate surface area is 345 Å². The fourth-order valence-corrected chi connectivity index (χ4v) is 9.42. The third-order valence-corrected chi connectivity index (χ3v) is 13.2. The zero-order valence-electron chi connectivity index (χ0n) is 35.3. The SMILES string of the molecule is COC[C@H]1C[C@@H](c2ncc(-c3ccc4c(c3)COc3cc5c6c(ccc5cc3-4)N=C([C@@H]3CC[C@H](C)N3C(=O)[C@@H](NC(=O)OC)[C@@H](C)OC)C6)[nH]2)N(C(=O)[C@@H](C)C(C)C)C1. The molecule has 0 spiro atoms. The number of imidazole rings is 1. The highest BCUT2D eigenvalue weighted by molar-refractivity contribution is 6.06. The zero-order valence-corrected chi connectivity index (χ0v) is 35.3. The molecule has 0 unspecified atom stereocenters. The first-order chi connectivity index (χ1) is 28.4. The molecule has 2 fully saturated rings. The van der Waals surface area contributed by atoms with E-state index in [4.69, 9.17) is 28.9 Å². The Morgan fingerprint density at radius 1 is 0.983 bits per heavy atom. The number of fused-ring (bicyclic) bond motifs is 6. The van der Waals surface area contributed by atoms with Gasteiger partial charge in [-0.05, 0) is 96.3 Å². The molecule has 13 nitrogen and oxygen atoms in total. The van der Waals surface area contributed by atoms with E-state index in [1.807, 2.05) is 29.8 Å².